The van der Waals surface area contributed by atoms with Gasteiger partial charge in [-0.25, -0.2) is 4.79 Å². The zero-order valence-corrected chi connectivity index (χ0v) is 22.0. The van der Waals surface area contributed by atoms with E-state index >= 15 is 0 Å². The van der Waals surface area contributed by atoms with Crippen molar-refractivity contribution in [1.82, 2.24) is 9.80 Å². The van der Waals surface area contributed by atoms with Crippen LogP contribution in [-0.4, -0.2) is 67.3 Å². The Morgan fingerprint density at radius 1 is 0.946 bits per heavy atom. The molecular weight excluding hydrogens is 462 g/mol. The SMILES string of the molecule is CN(CCC(Oc1ccccc1N(C)C1CCN(CCc2ccccc2)CC1)c1ccccc1)C(=O)O. The smallest absolute Gasteiger partial charge is 0.407 e. The molecule has 1 amide bonds. The van der Waals surface area contributed by atoms with Crippen LogP contribution in [0.5, 0.6) is 5.75 Å². The van der Waals surface area contributed by atoms with E-state index in [0.717, 1.165) is 55.9 Å². The van der Waals surface area contributed by atoms with E-state index in [9.17, 15) is 9.90 Å². The second-order valence-corrected chi connectivity index (χ2v) is 9.90. The fraction of sp³-hybridized carbons (Fsp3) is 0.387. The monoisotopic (exact) mass is 501 g/mol. The third-order valence-electron chi connectivity index (χ3n) is 7.40. The highest BCUT2D eigenvalue weighted by atomic mass is 16.5. The van der Waals surface area contributed by atoms with Crippen LogP contribution in [0.2, 0.25) is 0 Å². The van der Waals surface area contributed by atoms with Crippen LogP contribution in [0.4, 0.5) is 10.5 Å². The van der Waals surface area contributed by atoms with E-state index in [1.807, 2.05) is 42.5 Å². The molecule has 1 atom stereocenters. The van der Waals surface area contributed by atoms with Crippen LogP contribution in [0.3, 0.4) is 0 Å². The lowest BCUT2D eigenvalue weighted by Gasteiger charge is -2.38. The Morgan fingerprint density at radius 2 is 1.57 bits per heavy atom. The van der Waals surface area contributed by atoms with Crippen LogP contribution in [0.1, 0.15) is 36.5 Å². The second kappa shape index (κ2) is 13.2. The maximum absolute atomic E-state index is 11.3. The van der Waals surface area contributed by atoms with E-state index in [1.54, 1.807) is 7.05 Å². The Hall–Kier alpha value is -3.51. The van der Waals surface area contributed by atoms with Gasteiger partial charge in [0.05, 0.1) is 5.69 Å². The summed E-state index contributed by atoms with van der Waals surface area (Å²) in [6, 6.07) is 29.4. The lowest BCUT2D eigenvalue weighted by atomic mass is 10.0. The number of hydrogen-bond donors (Lipinski definition) is 1. The number of amides is 1. The van der Waals surface area contributed by atoms with Crippen LogP contribution < -0.4 is 9.64 Å². The van der Waals surface area contributed by atoms with Crippen molar-refractivity contribution < 1.29 is 14.6 Å². The number of carboxylic acid groups (broad SMARTS) is 1. The first-order chi connectivity index (χ1) is 18.0. The minimum Gasteiger partial charge on any atom is -0.483 e. The van der Waals surface area contributed by atoms with Gasteiger partial charge >= 0.3 is 6.09 Å². The van der Waals surface area contributed by atoms with Gasteiger partial charge in [-0.2, -0.15) is 0 Å². The molecule has 1 unspecified atom stereocenters. The van der Waals surface area contributed by atoms with Crippen LogP contribution in [0.15, 0.2) is 84.9 Å². The van der Waals surface area contributed by atoms with E-state index in [1.165, 1.54) is 10.5 Å². The molecule has 6 nitrogen and oxygen atoms in total. The highest BCUT2D eigenvalue weighted by molar-refractivity contribution is 5.64. The van der Waals surface area contributed by atoms with Gasteiger partial charge in [-0.3, -0.25) is 0 Å². The van der Waals surface area contributed by atoms with Crippen LogP contribution in [0.25, 0.3) is 0 Å². The third kappa shape index (κ3) is 7.49. The molecule has 1 N–H and O–H groups in total. The summed E-state index contributed by atoms with van der Waals surface area (Å²) in [5, 5.41) is 9.30. The molecule has 1 heterocycles. The lowest BCUT2D eigenvalue weighted by molar-refractivity contribution is 0.140. The Kier molecular flexibility index (Phi) is 9.44. The van der Waals surface area contributed by atoms with E-state index < -0.39 is 6.09 Å². The summed E-state index contributed by atoms with van der Waals surface area (Å²) in [5.74, 6) is 0.836. The summed E-state index contributed by atoms with van der Waals surface area (Å²) in [7, 11) is 3.76. The van der Waals surface area contributed by atoms with Crippen molar-refractivity contribution in [2.45, 2.75) is 37.8 Å². The predicted octanol–water partition coefficient (Wildman–Crippen LogP) is 5.95. The van der Waals surface area contributed by atoms with Crippen molar-refractivity contribution in [3.05, 3.63) is 96.1 Å². The third-order valence-corrected chi connectivity index (χ3v) is 7.40. The summed E-state index contributed by atoms with van der Waals surface area (Å²) in [6.07, 6.45) is 2.73. The van der Waals surface area contributed by atoms with Crippen molar-refractivity contribution in [2.75, 3.05) is 45.2 Å². The lowest BCUT2D eigenvalue weighted by Crippen LogP contribution is -2.44. The number of piperidine rings is 1. The fourth-order valence-corrected chi connectivity index (χ4v) is 5.03. The van der Waals surface area contributed by atoms with E-state index in [4.69, 9.17) is 4.74 Å². The van der Waals surface area contributed by atoms with Gasteiger partial charge in [-0.05, 0) is 42.5 Å². The molecule has 0 bridgehead atoms. The normalized spacial score (nSPS) is 15.2. The summed E-state index contributed by atoms with van der Waals surface area (Å²) in [6.45, 7) is 3.69. The molecule has 0 radical (unpaired) electrons. The number of rotatable bonds is 11. The molecule has 37 heavy (non-hydrogen) atoms. The van der Waals surface area contributed by atoms with E-state index in [0.29, 0.717) is 19.0 Å². The van der Waals surface area contributed by atoms with Gasteiger partial charge in [0.15, 0.2) is 0 Å². The number of likely N-dealkylation sites (tertiary alicyclic amines) is 1. The largest absolute Gasteiger partial charge is 0.483 e. The molecule has 0 spiro atoms. The number of benzene rings is 3. The van der Waals surface area contributed by atoms with Gasteiger partial charge in [0.25, 0.3) is 0 Å². The van der Waals surface area contributed by atoms with Crippen molar-refractivity contribution in [3.8, 4) is 5.75 Å². The first-order valence-electron chi connectivity index (χ1n) is 13.2. The predicted molar refractivity (Wildman–Crippen MR) is 150 cm³/mol. The molecule has 4 rings (SSSR count). The standard InChI is InChI=1S/C31H39N3O3/c1-32(31(35)36)21-20-29(26-13-7-4-8-14-26)37-30-16-10-9-15-28(30)33(2)27-18-23-34(24-19-27)22-17-25-11-5-3-6-12-25/h3-16,27,29H,17-24H2,1-2H3,(H,35,36). The van der Waals surface area contributed by atoms with Gasteiger partial charge in [0.1, 0.15) is 11.9 Å². The quantitative estimate of drug-likeness (QED) is 0.352. The average Bonchev–Trinajstić information content (AvgIpc) is 2.95. The molecule has 3 aromatic carbocycles. The second-order valence-electron chi connectivity index (χ2n) is 9.90. The van der Waals surface area contributed by atoms with Crippen molar-refractivity contribution in [3.63, 3.8) is 0 Å². The van der Waals surface area contributed by atoms with Gasteiger partial charge in [-0.15, -0.1) is 0 Å². The minimum atomic E-state index is -0.929. The molecular formula is C31H39N3O3. The maximum Gasteiger partial charge on any atom is 0.407 e. The Balaban J connectivity index is 1.40. The van der Waals surface area contributed by atoms with Crippen molar-refractivity contribution in [1.29, 1.82) is 0 Å². The molecule has 1 aliphatic rings. The molecule has 0 aliphatic carbocycles. The number of nitrogens with zero attached hydrogens (tertiary/aromatic N) is 3. The molecule has 1 fully saturated rings. The molecule has 0 saturated carbocycles. The zero-order valence-electron chi connectivity index (χ0n) is 22.0. The van der Waals surface area contributed by atoms with Crippen LogP contribution in [-0.2, 0) is 6.42 Å². The molecule has 196 valence electrons. The topological polar surface area (TPSA) is 56.2 Å². The van der Waals surface area contributed by atoms with E-state index in [2.05, 4.69) is 59.3 Å². The molecule has 1 saturated heterocycles. The molecule has 0 aromatic heterocycles. The molecule has 3 aromatic rings. The average molecular weight is 502 g/mol. The van der Waals surface area contributed by atoms with Gasteiger partial charge in [0.2, 0.25) is 0 Å². The minimum absolute atomic E-state index is 0.239. The van der Waals surface area contributed by atoms with Crippen molar-refractivity contribution in [2.24, 2.45) is 0 Å². The summed E-state index contributed by atoms with van der Waals surface area (Å²) in [4.78, 5) is 17.6. The summed E-state index contributed by atoms with van der Waals surface area (Å²) in [5.41, 5.74) is 3.53. The first kappa shape index (κ1) is 26.6. The maximum atomic E-state index is 11.3. The zero-order chi connectivity index (χ0) is 26.0. The number of para-hydroxylation sites is 2. The van der Waals surface area contributed by atoms with Crippen molar-refractivity contribution >= 4 is 11.8 Å². The Labute approximate surface area is 221 Å². The number of hydrogen-bond acceptors (Lipinski definition) is 4. The molecule has 6 heteroatoms. The first-order valence-corrected chi connectivity index (χ1v) is 13.2. The van der Waals surface area contributed by atoms with Gasteiger partial charge in [-0.1, -0.05) is 72.8 Å². The number of ether oxygens (including phenoxy) is 1. The number of anilines is 1. The number of carbonyl (C=O) groups is 1. The van der Waals surface area contributed by atoms with Gasteiger partial charge < -0.3 is 24.5 Å². The van der Waals surface area contributed by atoms with E-state index in [-0.39, 0.29) is 6.10 Å². The van der Waals surface area contributed by atoms with Crippen LogP contribution in [0, 0.1) is 0 Å². The summed E-state index contributed by atoms with van der Waals surface area (Å²) >= 11 is 0. The van der Waals surface area contributed by atoms with Crippen LogP contribution >= 0.6 is 0 Å². The van der Waals surface area contributed by atoms with Gasteiger partial charge in [0, 0.05) is 52.7 Å². The Bertz CT molecular complexity index is 1100. The fourth-order valence-electron chi connectivity index (χ4n) is 5.03. The highest BCUT2D eigenvalue weighted by Gasteiger charge is 2.25. The molecule has 1 aliphatic heterocycles. The highest BCUT2D eigenvalue weighted by Crippen LogP contribution is 2.35. The summed E-state index contributed by atoms with van der Waals surface area (Å²) < 4.78 is 6.61. The Morgan fingerprint density at radius 3 is 2.24 bits per heavy atom.